The fraction of sp³-hybridized carbons (Fsp3) is 0.524. The van der Waals surface area contributed by atoms with Gasteiger partial charge < -0.3 is 0 Å². The summed E-state index contributed by atoms with van der Waals surface area (Å²) in [5.41, 5.74) is 2.00. The van der Waals surface area contributed by atoms with Gasteiger partial charge in [-0.25, -0.2) is 4.98 Å². The van der Waals surface area contributed by atoms with Gasteiger partial charge >= 0.3 is 0 Å². The highest BCUT2D eigenvalue weighted by atomic mass is 35.5. The van der Waals surface area contributed by atoms with Gasteiger partial charge in [0.1, 0.15) is 0 Å². The number of carbonyl (C=O) groups is 1. The summed E-state index contributed by atoms with van der Waals surface area (Å²) in [5.74, 6) is 2.59. The number of anilines is 1. The molecule has 27 heavy (non-hydrogen) atoms. The number of benzene rings is 1. The molecule has 0 saturated heterocycles. The van der Waals surface area contributed by atoms with Gasteiger partial charge in [0.2, 0.25) is 0 Å². The number of hydrogen-bond donors (Lipinski definition) is 1. The molecule has 1 aromatic heterocycles. The third kappa shape index (κ3) is 3.52. The zero-order chi connectivity index (χ0) is 18.6. The fourth-order valence-electron chi connectivity index (χ4n) is 6.17. The van der Waals surface area contributed by atoms with Crippen molar-refractivity contribution in [2.75, 3.05) is 5.32 Å². The normalized spacial score (nSPS) is 31.3. The first-order valence-corrected chi connectivity index (χ1v) is 11.3. The highest BCUT2D eigenvalue weighted by molar-refractivity contribution is 7.14. The summed E-state index contributed by atoms with van der Waals surface area (Å²) >= 11 is 13.5. The summed E-state index contributed by atoms with van der Waals surface area (Å²) in [5, 5.41) is 6.51. The van der Waals surface area contributed by atoms with Crippen LogP contribution in [0.1, 0.15) is 54.6 Å². The third-order valence-electron chi connectivity index (χ3n) is 6.67. The summed E-state index contributed by atoms with van der Waals surface area (Å²) in [6, 6.07) is 4.89. The molecule has 4 aliphatic carbocycles. The first kappa shape index (κ1) is 18.0. The Balaban J connectivity index is 1.28. The maximum atomic E-state index is 12.5. The molecule has 6 heteroatoms. The molecule has 0 unspecified atom stereocenters. The molecule has 0 radical (unpaired) electrons. The zero-order valence-corrected chi connectivity index (χ0v) is 17.3. The van der Waals surface area contributed by atoms with Crippen molar-refractivity contribution in [3.63, 3.8) is 0 Å². The van der Waals surface area contributed by atoms with Crippen LogP contribution in [0.15, 0.2) is 23.6 Å². The van der Waals surface area contributed by atoms with Crippen LogP contribution in [0.25, 0.3) is 0 Å². The molecule has 1 amide bonds. The molecule has 0 aliphatic heterocycles. The van der Waals surface area contributed by atoms with Crippen LogP contribution in [0.5, 0.6) is 0 Å². The average molecular weight is 421 g/mol. The number of nitrogens with one attached hydrogen (secondary N) is 1. The Kier molecular flexibility index (Phi) is 4.49. The molecule has 4 bridgehead atoms. The van der Waals surface area contributed by atoms with E-state index in [1.807, 2.05) is 0 Å². The van der Waals surface area contributed by atoms with Crippen LogP contribution >= 0.6 is 34.5 Å². The first-order valence-electron chi connectivity index (χ1n) is 9.69. The quantitative estimate of drug-likeness (QED) is 0.616. The van der Waals surface area contributed by atoms with Crippen LogP contribution in [0.2, 0.25) is 10.0 Å². The van der Waals surface area contributed by atoms with Gasteiger partial charge in [0.15, 0.2) is 5.13 Å². The molecule has 1 aromatic carbocycles. The van der Waals surface area contributed by atoms with Crippen molar-refractivity contribution < 1.29 is 4.79 Å². The van der Waals surface area contributed by atoms with Gasteiger partial charge in [-0.05, 0) is 86.3 Å². The van der Waals surface area contributed by atoms with Crippen molar-refractivity contribution in [1.82, 2.24) is 4.98 Å². The van der Waals surface area contributed by atoms with Crippen LogP contribution in [-0.2, 0) is 6.42 Å². The molecule has 0 spiro atoms. The first-order chi connectivity index (χ1) is 13.0. The lowest BCUT2D eigenvalue weighted by atomic mass is 9.48. The fourth-order valence-corrected chi connectivity index (χ4v) is 7.37. The molecule has 0 atom stereocenters. The average Bonchev–Trinajstić information content (AvgIpc) is 2.99. The molecule has 4 fully saturated rings. The Bertz CT molecular complexity index is 859. The van der Waals surface area contributed by atoms with E-state index in [9.17, 15) is 4.79 Å². The smallest absolute Gasteiger partial charge is 0.258 e. The Labute approximate surface area is 173 Å². The SMILES string of the molecule is O=C(Nc1nc(CC23CC4CC(CC(C4)C2)C3)cs1)c1ccc(Cl)cc1Cl. The van der Waals surface area contributed by atoms with E-state index in [1.165, 1.54) is 49.9 Å². The summed E-state index contributed by atoms with van der Waals surface area (Å²) in [6.07, 6.45) is 9.55. The number of aromatic nitrogens is 1. The number of hydrogen-bond acceptors (Lipinski definition) is 3. The number of nitrogens with zero attached hydrogens (tertiary/aromatic N) is 1. The molecule has 1 heterocycles. The third-order valence-corrected chi connectivity index (χ3v) is 8.02. The monoisotopic (exact) mass is 420 g/mol. The standard InChI is InChI=1S/C21H22Cl2N2OS/c22-15-1-2-17(18(23)6-15)19(26)25-20-24-16(11-27-20)10-21-7-12-3-13(8-21)5-14(4-12)9-21/h1-2,6,11-14H,3-5,7-10H2,(H,24,25,26). The summed E-state index contributed by atoms with van der Waals surface area (Å²) in [6.45, 7) is 0. The van der Waals surface area contributed by atoms with Crippen molar-refractivity contribution >= 4 is 45.6 Å². The van der Waals surface area contributed by atoms with Crippen LogP contribution < -0.4 is 5.32 Å². The van der Waals surface area contributed by atoms with E-state index in [-0.39, 0.29) is 5.91 Å². The molecular weight excluding hydrogens is 399 g/mol. The molecular formula is C21H22Cl2N2OS. The molecule has 6 rings (SSSR count). The van der Waals surface area contributed by atoms with E-state index in [0.717, 1.165) is 29.9 Å². The minimum absolute atomic E-state index is 0.243. The molecule has 3 nitrogen and oxygen atoms in total. The second kappa shape index (κ2) is 6.75. The maximum absolute atomic E-state index is 12.5. The highest BCUT2D eigenvalue weighted by Gasteiger charge is 2.50. The minimum atomic E-state index is -0.243. The van der Waals surface area contributed by atoms with Crippen molar-refractivity contribution in [2.45, 2.75) is 44.9 Å². The topological polar surface area (TPSA) is 42.0 Å². The molecule has 4 saturated carbocycles. The van der Waals surface area contributed by atoms with Crippen molar-refractivity contribution in [1.29, 1.82) is 0 Å². The van der Waals surface area contributed by atoms with Gasteiger partial charge in [-0.3, -0.25) is 10.1 Å². The van der Waals surface area contributed by atoms with E-state index in [0.29, 0.717) is 26.2 Å². The number of rotatable bonds is 4. The minimum Gasteiger partial charge on any atom is -0.298 e. The predicted octanol–water partition coefficient (Wildman–Crippen LogP) is 6.46. The van der Waals surface area contributed by atoms with E-state index in [1.54, 1.807) is 18.2 Å². The Morgan fingerprint density at radius 2 is 1.81 bits per heavy atom. The number of halogens is 2. The summed E-state index contributed by atoms with van der Waals surface area (Å²) in [7, 11) is 0. The molecule has 2 aromatic rings. The van der Waals surface area contributed by atoms with E-state index >= 15 is 0 Å². The van der Waals surface area contributed by atoms with E-state index < -0.39 is 0 Å². The van der Waals surface area contributed by atoms with Crippen molar-refractivity contribution in [3.05, 3.63) is 44.9 Å². The van der Waals surface area contributed by atoms with Gasteiger partial charge in [-0.15, -0.1) is 11.3 Å². The van der Waals surface area contributed by atoms with Crippen molar-refractivity contribution in [3.8, 4) is 0 Å². The van der Waals surface area contributed by atoms with Crippen LogP contribution in [0, 0.1) is 23.2 Å². The second-order valence-corrected chi connectivity index (χ2v) is 10.5. The van der Waals surface area contributed by atoms with Gasteiger partial charge in [-0.1, -0.05) is 23.2 Å². The van der Waals surface area contributed by atoms with Crippen LogP contribution in [0.3, 0.4) is 0 Å². The van der Waals surface area contributed by atoms with Gasteiger partial charge in [0.25, 0.3) is 5.91 Å². The molecule has 1 N–H and O–H groups in total. The Morgan fingerprint density at radius 3 is 2.44 bits per heavy atom. The van der Waals surface area contributed by atoms with Gasteiger partial charge in [0, 0.05) is 10.4 Å². The summed E-state index contributed by atoms with van der Waals surface area (Å²) in [4.78, 5) is 17.2. The lowest BCUT2D eigenvalue weighted by molar-refractivity contribution is -0.0525. The summed E-state index contributed by atoms with van der Waals surface area (Å²) < 4.78 is 0. The highest BCUT2D eigenvalue weighted by Crippen LogP contribution is 2.61. The van der Waals surface area contributed by atoms with Crippen LogP contribution in [-0.4, -0.2) is 10.9 Å². The molecule has 142 valence electrons. The van der Waals surface area contributed by atoms with E-state index in [4.69, 9.17) is 28.2 Å². The predicted molar refractivity (Wildman–Crippen MR) is 111 cm³/mol. The lowest BCUT2D eigenvalue weighted by Crippen LogP contribution is -2.47. The maximum Gasteiger partial charge on any atom is 0.258 e. The number of amides is 1. The number of carbonyl (C=O) groups excluding carboxylic acids is 1. The Hall–Kier alpha value is -1.10. The largest absolute Gasteiger partial charge is 0.298 e. The van der Waals surface area contributed by atoms with Crippen molar-refractivity contribution in [2.24, 2.45) is 23.2 Å². The second-order valence-electron chi connectivity index (χ2n) is 8.82. The lowest BCUT2D eigenvalue weighted by Gasteiger charge is -2.56. The Morgan fingerprint density at radius 1 is 1.15 bits per heavy atom. The zero-order valence-electron chi connectivity index (χ0n) is 15.0. The number of thiazole rings is 1. The van der Waals surface area contributed by atoms with Gasteiger partial charge in [-0.2, -0.15) is 0 Å². The van der Waals surface area contributed by atoms with Crippen LogP contribution in [0.4, 0.5) is 5.13 Å². The molecule has 4 aliphatic rings. The van der Waals surface area contributed by atoms with Gasteiger partial charge in [0.05, 0.1) is 16.3 Å². The van der Waals surface area contributed by atoms with E-state index in [2.05, 4.69) is 10.7 Å².